The van der Waals surface area contributed by atoms with E-state index >= 15 is 0 Å². The van der Waals surface area contributed by atoms with E-state index in [9.17, 15) is 9.59 Å². The average molecular weight is 469 g/mol. The Labute approximate surface area is 195 Å². The highest BCUT2D eigenvalue weighted by molar-refractivity contribution is 7.17. The molecule has 1 N–H and O–H groups in total. The molecule has 10 nitrogen and oxygen atoms in total. The number of thiazole rings is 1. The number of hydrazine groups is 1. The van der Waals surface area contributed by atoms with Gasteiger partial charge in [-0.15, -0.1) is 0 Å². The molecule has 0 amide bonds. The highest BCUT2D eigenvalue weighted by atomic mass is 32.1. The number of ether oxygens (including phenoxy) is 1. The van der Waals surface area contributed by atoms with Crippen LogP contribution >= 0.6 is 11.3 Å². The van der Waals surface area contributed by atoms with Crippen LogP contribution in [0.5, 0.6) is 0 Å². The number of hydrogen-bond donors (Lipinski definition) is 1. The van der Waals surface area contributed by atoms with Crippen LogP contribution in [0.1, 0.15) is 32.6 Å². The Morgan fingerprint density at radius 1 is 1.12 bits per heavy atom. The van der Waals surface area contributed by atoms with Gasteiger partial charge in [0.25, 0.3) is 0 Å². The Morgan fingerprint density at radius 2 is 1.79 bits per heavy atom. The molecule has 3 aromatic rings. The Balaban J connectivity index is 1.55. The topological polar surface area (TPSA) is 112 Å². The molecule has 0 saturated carbocycles. The second-order valence-electron chi connectivity index (χ2n) is 7.28. The largest absolute Gasteiger partial charge is 0.478 e. The van der Waals surface area contributed by atoms with Gasteiger partial charge in [0.2, 0.25) is 11.1 Å². The third kappa shape index (κ3) is 4.94. The molecule has 33 heavy (non-hydrogen) atoms. The van der Waals surface area contributed by atoms with Crippen molar-refractivity contribution in [1.82, 2.24) is 20.0 Å². The van der Waals surface area contributed by atoms with Gasteiger partial charge in [-0.05, 0) is 44.2 Å². The molecule has 1 aliphatic heterocycles. The SMILES string of the molecule is CCOC(=O)c1sc(N(c2ncccn2)N2CCN(c3ccc(C(=O)O)cc3)CC2)nc1C. The van der Waals surface area contributed by atoms with Gasteiger partial charge < -0.3 is 14.7 Å². The molecular formula is C22H24N6O4S. The number of carboxylic acid groups (broad SMARTS) is 1. The minimum Gasteiger partial charge on any atom is -0.478 e. The minimum atomic E-state index is -0.939. The summed E-state index contributed by atoms with van der Waals surface area (Å²) in [6.07, 6.45) is 3.34. The van der Waals surface area contributed by atoms with Crippen molar-refractivity contribution in [2.24, 2.45) is 0 Å². The second-order valence-corrected chi connectivity index (χ2v) is 8.26. The number of anilines is 3. The molecule has 3 heterocycles. The fraction of sp³-hybridized carbons (Fsp3) is 0.318. The second kappa shape index (κ2) is 9.92. The molecule has 0 aliphatic carbocycles. The van der Waals surface area contributed by atoms with Crippen LogP contribution < -0.4 is 9.91 Å². The van der Waals surface area contributed by atoms with E-state index in [0.717, 1.165) is 5.69 Å². The molecule has 0 bridgehead atoms. The first-order valence-electron chi connectivity index (χ1n) is 10.5. The lowest BCUT2D eigenvalue weighted by atomic mass is 10.2. The monoisotopic (exact) mass is 468 g/mol. The summed E-state index contributed by atoms with van der Waals surface area (Å²) in [6, 6.07) is 8.63. The van der Waals surface area contributed by atoms with Crippen molar-refractivity contribution in [2.75, 3.05) is 42.7 Å². The lowest BCUT2D eigenvalue weighted by Gasteiger charge is -2.40. The maximum absolute atomic E-state index is 12.3. The zero-order chi connectivity index (χ0) is 23.4. The van der Waals surface area contributed by atoms with E-state index in [1.165, 1.54) is 11.3 Å². The number of aryl methyl sites for hydroxylation is 1. The first-order valence-corrected chi connectivity index (χ1v) is 11.3. The maximum Gasteiger partial charge on any atom is 0.350 e. The van der Waals surface area contributed by atoms with Crippen LogP contribution in [0.2, 0.25) is 0 Å². The summed E-state index contributed by atoms with van der Waals surface area (Å²) >= 11 is 1.26. The summed E-state index contributed by atoms with van der Waals surface area (Å²) in [4.78, 5) is 39.5. The normalized spacial score (nSPS) is 14.2. The van der Waals surface area contributed by atoms with Gasteiger partial charge in [0.15, 0.2) is 0 Å². The molecule has 1 fully saturated rings. The van der Waals surface area contributed by atoms with Gasteiger partial charge in [0, 0.05) is 44.3 Å². The van der Waals surface area contributed by atoms with Crippen molar-refractivity contribution in [2.45, 2.75) is 13.8 Å². The fourth-order valence-electron chi connectivity index (χ4n) is 3.56. The van der Waals surface area contributed by atoms with Crippen molar-refractivity contribution in [3.05, 3.63) is 58.9 Å². The number of benzene rings is 1. The van der Waals surface area contributed by atoms with Gasteiger partial charge in [0.1, 0.15) is 4.88 Å². The molecule has 172 valence electrons. The number of piperazine rings is 1. The van der Waals surface area contributed by atoms with E-state index in [1.807, 2.05) is 17.1 Å². The molecule has 11 heteroatoms. The minimum absolute atomic E-state index is 0.265. The molecular weight excluding hydrogens is 444 g/mol. The number of aromatic nitrogens is 3. The van der Waals surface area contributed by atoms with E-state index in [-0.39, 0.29) is 11.5 Å². The molecule has 0 spiro atoms. The van der Waals surface area contributed by atoms with Crippen LogP contribution in [0.3, 0.4) is 0 Å². The predicted octanol–water partition coefficient (Wildman–Crippen LogP) is 2.99. The van der Waals surface area contributed by atoms with E-state index in [0.29, 0.717) is 54.4 Å². The van der Waals surface area contributed by atoms with Crippen LogP contribution in [-0.2, 0) is 4.74 Å². The first-order chi connectivity index (χ1) is 16.0. The fourth-order valence-corrected chi connectivity index (χ4v) is 4.55. The standard InChI is InChI=1S/C22H24N6O4S/c1-3-32-20(31)18-15(2)25-22(33-18)28(21-23-9-4-10-24-21)27-13-11-26(12-14-27)17-7-5-16(6-8-17)19(29)30/h4-10H,3,11-14H2,1-2H3,(H,29,30). The highest BCUT2D eigenvalue weighted by Crippen LogP contribution is 2.32. The first kappa shape index (κ1) is 22.6. The third-order valence-electron chi connectivity index (χ3n) is 5.19. The number of esters is 1. The maximum atomic E-state index is 12.3. The number of hydrogen-bond acceptors (Lipinski definition) is 10. The number of carbonyl (C=O) groups excluding carboxylic acids is 1. The zero-order valence-corrected chi connectivity index (χ0v) is 19.2. The summed E-state index contributed by atoms with van der Waals surface area (Å²) < 4.78 is 5.16. The van der Waals surface area contributed by atoms with Crippen LogP contribution in [0.25, 0.3) is 0 Å². The van der Waals surface area contributed by atoms with Crippen molar-refractivity contribution in [1.29, 1.82) is 0 Å². The van der Waals surface area contributed by atoms with Crippen LogP contribution in [0.15, 0.2) is 42.7 Å². The summed E-state index contributed by atoms with van der Waals surface area (Å²) in [5.41, 5.74) is 1.84. The Hall–Kier alpha value is -3.57. The van der Waals surface area contributed by atoms with E-state index < -0.39 is 5.97 Å². The van der Waals surface area contributed by atoms with Crippen molar-refractivity contribution in [3.63, 3.8) is 0 Å². The summed E-state index contributed by atoms with van der Waals surface area (Å²) in [5.74, 6) is -0.853. The lowest BCUT2D eigenvalue weighted by Crippen LogP contribution is -2.53. The molecule has 0 atom stereocenters. The summed E-state index contributed by atoms with van der Waals surface area (Å²) in [7, 11) is 0. The lowest BCUT2D eigenvalue weighted by molar-refractivity contribution is 0.0530. The molecule has 1 aromatic carbocycles. The number of aromatic carboxylic acids is 1. The number of nitrogens with zero attached hydrogens (tertiary/aromatic N) is 6. The van der Waals surface area contributed by atoms with Gasteiger partial charge in [-0.25, -0.2) is 34.6 Å². The molecule has 1 saturated heterocycles. The third-order valence-corrected chi connectivity index (χ3v) is 6.30. The quantitative estimate of drug-likeness (QED) is 0.519. The van der Waals surface area contributed by atoms with Crippen LogP contribution in [-0.4, -0.2) is 69.8 Å². The van der Waals surface area contributed by atoms with Gasteiger partial charge in [-0.3, -0.25) is 0 Å². The predicted molar refractivity (Wildman–Crippen MR) is 124 cm³/mol. The van der Waals surface area contributed by atoms with E-state index in [4.69, 9.17) is 9.84 Å². The van der Waals surface area contributed by atoms with Crippen molar-refractivity contribution in [3.8, 4) is 0 Å². The van der Waals surface area contributed by atoms with E-state index in [2.05, 4.69) is 24.9 Å². The Morgan fingerprint density at radius 3 is 2.39 bits per heavy atom. The molecule has 4 rings (SSSR count). The Bertz CT molecular complexity index is 1110. The highest BCUT2D eigenvalue weighted by Gasteiger charge is 2.29. The zero-order valence-electron chi connectivity index (χ0n) is 18.3. The molecule has 0 unspecified atom stereocenters. The average Bonchev–Trinajstić information content (AvgIpc) is 3.22. The van der Waals surface area contributed by atoms with Crippen molar-refractivity contribution < 1.29 is 19.4 Å². The van der Waals surface area contributed by atoms with E-state index in [1.54, 1.807) is 44.4 Å². The number of carbonyl (C=O) groups is 2. The van der Waals surface area contributed by atoms with Gasteiger partial charge in [-0.2, -0.15) is 0 Å². The van der Waals surface area contributed by atoms with Crippen LogP contribution in [0, 0.1) is 6.92 Å². The summed E-state index contributed by atoms with van der Waals surface area (Å²) in [5, 5.41) is 13.7. The summed E-state index contributed by atoms with van der Waals surface area (Å²) in [6.45, 7) is 6.60. The van der Waals surface area contributed by atoms with Crippen LogP contribution in [0.4, 0.5) is 16.8 Å². The molecule has 2 aromatic heterocycles. The molecule has 1 aliphatic rings. The van der Waals surface area contributed by atoms with Crippen molar-refractivity contribution >= 4 is 40.0 Å². The smallest absolute Gasteiger partial charge is 0.350 e. The van der Waals surface area contributed by atoms with Gasteiger partial charge >= 0.3 is 11.9 Å². The number of carboxylic acids is 1. The van der Waals surface area contributed by atoms with Gasteiger partial charge in [0.05, 0.1) is 17.9 Å². The number of rotatable bonds is 7. The van der Waals surface area contributed by atoms with Gasteiger partial charge in [-0.1, -0.05) is 11.3 Å². The molecule has 0 radical (unpaired) electrons. The Kier molecular flexibility index (Phi) is 6.80.